The van der Waals surface area contributed by atoms with Crippen molar-refractivity contribution in [1.82, 2.24) is 4.40 Å². The molecule has 0 saturated heterocycles. The molecule has 0 saturated carbocycles. The first kappa shape index (κ1) is 21.3. The van der Waals surface area contributed by atoms with E-state index in [1.807, 2.05) is 103 Å². The number of rotatable bonds is 6. The molecule has 0 fully saturated rings. The Balaban J connectivity index is 1.77. The van der Waals surface area contributed by atoms with E-state index in [2.05, 4.69) is 0 Å². The molecule has 0 aliphatic carbocycles. The smallest absolute Gasteiger partial charge is 0.188 e. The summed E-state index contributed by atoms with van der Waals surface area (Å²) in [6.45, 7) is 3.54. The van der Waals surface area contributed by atoms with E-state index in [0.29, 0.717) is 11.3 Å². The highest BCUT2D eigenvalue weighted by Crippen LogP contribution is 2.29. The van der Waals surface area contributed by atoms with Crippen LogP contribution in [-0.2, 0) is 0 Å². The van der Waals surface area contributed by atoms with Crippen molar-refractivity contribution < 1.29 is 9.59 Å². The first-order valence-electron chi connectivity index (χ1n) is 10.6. The molecule has 0 spiro atoms. The molecular weight excluding hydrogens is 396 g/mol. The van der Waals surface area contributed by atoms with E-state index in [9.17, 15) is 9.59 Å². The second kappa shape index (κ2) is 8.67. The number of benzene rings is 2. The Morgan fingerprint density at radius 1 is 0.938 bits per heavy atom. The van der Waals surface area contributed by atoms with Crippen molar-refractivity contribution >= 4 is 28.8 Å². The summed E-state index contributed by atoms with van der Waals surface area (Å²) < 4.78 is 1.83. The number of carbonyl (C=O) groups is 2. The zero-order valence-corrected chi connectivity index (χ0v) is 18.8. The van der Waals surface area contributed by atoms with Gasteiger partial charge in [-0.2, -0.15) is 0 Å². The van der Waals surface area contributed by atoms with Gasteiger partial charge < -0.3 is 9.30 Å². The Morgan fingerprint density at radius 2 is 1.62 bits per heavy atom. The summed E-state index contributed by atoms with van der Waals surface area (Å²) in [5.74, 6) is -0.205. The third-order valence-corrected chi connectivity index (χ3v) is 5.65. The number of aryl methyl sites for hydroxylation is 1. The molecule has 2 aromatic carbocycles. The monoisotopic (exact) mass is 422 g/mol. The molecule has 0 aliphatic heterocycles. The van der Waals surface area contributed by atoms with Gasteiger partial charge in [-0.3, -0.25) is 9.59 Å². The summed E-state index contributed by atoms with van der Waals surface area (Å²) in [6.07, 6.45) is 5.33. The van der Waals surface area contributed by atoms with Gasteiger partial charge in [0.1, 0.15) is 0 Å². The molecule has 0 atom stereocenters. The highest BCUT2D eigenvalue weighted by atomic mass is 16.1. The summed E-state index contributed by atoms with van der Waals surface area (Å²) in [7, 11) is 3.98. The van der Waals surface area contributed by atoms with Crippen LogP contribution in [0.3, 0.4) is 0 Å². The van der Waals surface area contributed by atoms with Crippen LogP contribution in [0, 0.1) is 6.92 Å². The van der Waals surface area contributed by atoms with E-state index >= 15 is 0 Å². The lowest BCUT2D eigenvalue weighted by atomic mass is 10.0. The van der Waals surface area contributed by atoms with Gasteiger partial charge in [0.25, 0.3) is 0 Å². The molecule has 32 heavy (non-hydrogen) atoms. The predicted molar refractivity (Wildman–Crippen MR) is 132 cm³/mol. The zero-order chi connectivity index (χ0) is 22.8. The lowest BCUT2D eigenvalue weighted by molar-refractivity contribution is 0.101. The molecule has 4 nitrogen and oxygen atoms in total. The topological polar surface area (TPSA) is 41.8 Å². The van der Waals surface area contributed by atoms with Gasteiger partial charge in [0, 0.05) is 38.5 Å². The van der Waals surface area contributed by atoms with Gasteiger partial charge in [-0.15, -0.1) is 0 Å². The van der Waals surface area contributed by atoms with E-state index in [-0.39, 0.29) is 11.6 Å². The van der Waals surface area contributed by atoms with Gasteiger partial charge in [-0.1, -0.05) is 48.5 Å². The standard InChI is InChI=1S/C28H26N2O2/c1-19-18-30-26(20(2)31)17-25(27(30)16-24(19)22-8-6-5-7-9-22)28(32)15-12-21-10-13-23(14-11-21)29(3)4/h5-18H,1-4H3. The number of allylic oxidation sites excluding steroid dienone is 1. The average molecular weight is 423 g/mol. The molecule has 0 amide bonds. The van der Waals surface area contributed by atoms with E-state index < -0.39 is 0 Å². The van der Waals surface area contributed by atoms with Crippen molar-refractivity contribution in [1.29, 1.82) is 0 Å². The van der Waals surface area contributed by atoms with Gasteiger partial charge in [0.05, 0.1) is 11.2 Å². The highest BCUT2D eigenvalue weighted by Gasteiger charge is 2.18. The molecule has 0 bridgehead atoms. The second-order valence-electron chi connectivity index (χ2n) is 8.17. The van der Waals surface area contributed by atoms with Crippen LogP contribution in [0.5, 0.6) is 0 Å². The Bertz CT molecular complexity index is 1330. The minimum Gasteiger partial charge on any atom is -0.378 e. The number of fused-ring (bicyclic) bond motifs is 1. The largest absolute Gasteiger partial charge is 0.378 e. The van der Waals surface area contributed by atoms with Crippen molar-refractivity contribution in [2.24, 2.45) is 0 Å². The Kier molecular flexibility index (Phi) is 5.78. The molecule has 4 heteroatoms. The van der Waals surface area contributed by atoms with Gasteiger partial charge in [0.2, 0.25) is 0 Å². The maximum atomic E-state index is 13.2. The van der Waals surface area contributed by atoms with Gasteiger partial charge in [-0.05, 0) is 59.5 Å². The molecule has 0 N–H and O–H groups in total. The molecule has 0 aliphatic rings. The minimum absolute atomic E-state index is 0.0748. The SMILES string of the molecule is CC(=O)c1cc(C(=O)C=Cc2ccc(N(C)C)cc2)c2cc(-c3ccccc3)c(C)cn12. The van der Waals surface area contributed by atoms with Crippen molar-refractivity contribution in [3.63, 3.8) is 0 Å². The van der Waals surface area contributed by atoms with Crippen LogP contribution >= 0.6 is 0 Å². The summed E-state index contributed by atoms with van der Waals surface area (Å²) in [5.41, 5.74) is 6.97. The summed E-state index contributed by atoms with van der Waals surface area (Å²) >= 11 is 0. The van der Waals surface area contributed by atoms with Crippen molar-refractivity contribution in [3.8, 4) is 11.1 Å². The Hall–Kier alpha value is -3.92. The normalized spacial score (nSPS) is 11.2. The molecule has 2 heterocycles. The first-order valence-corrected chi connectivity index (χ1v) is 10.6. The van der Waals surface area contributed by atoms with Crippen molar-refractivity contribution in [2.45, 2.75) is 13.8 Å². The third-order valence-electron chi connectivity index (χ3n) is 5.65. The van der Waals surface area contributed by atoms with Gasteiger partial charge >= 0.3 is 0 Å². The van der Waals surface area contributed by atoms with Gasteiger partial charge in [-0.25, -0.2) is 0 Å². The van der Waals surface area contributed by atoms with E-state index in [1.54, 1.807) is 12.1 Å². The number of anilines is 1. The third kappa shape index (κ3) is 4.12. The van der Waals surface area contributed by atoms with Crippen molar-refractivity contribution in [3.05, 3.63) is 101 Å². The number of ketones is 2. The zero-order valence-electron chi connectivity index (χ0n) is 18.8. The van der Waals surface area contributed by atoms with Crippen LogP contribution < -0.4 is 4.90 Å². The lowest BCUT2D eigenvalue weighted by Crippen LogP contribution is -2.07. The molecule has 4 aromatic rings. The maximum Gasteiger partial charge on any atom is 0.188 e. The summed E-state index contributed by atoms with van der Waals surface area (Å²) in [6, 6.07) is 21.8. The molecule has 0 radical (unpaired) electrons. The number of nitrogens with zero attached hydrogens (tertiary/aromatic N) is 2. The average Bonchev–Trinajstić information content (AvgIpc) is 3.16. The second-order valence-corrected chi connectivity index (χ2v) is 8.17. The number of hydrogen-bond acceptors (Lipinski definition) is 3. The van der Waals surface area contributed by atoms with Crippen LogP contribution in [-0.4, -0.2) is 30.1 Å². The number of hydrogen-bond donors (Lipinski definition) is 0. The summed E-state index contributed by atoms with van der Waals surface area (Å²) in [4.78, 5) is 27.5. The number of aromatic nitrogens is 1. The summed E-state index contributed by atoms with van der Waals surface area (Å²) in [5, 5.41) is 0. The fourth-order valence-corrected chi connectivity index (χ4v) is 3.88. The molecule has 4 rings (SSSR count). The Labute approximate surface area is 188 Å². The van der Waals surface area contributed by atoms with Crippen LogP contribution in [0.1, 0.15) is 38.9 Å². The predicted octanol–water partition coefficient (Wildman–Crippen LogP) is 6.08. The van der Waals surface area contributed by atoms with Crippen molar-refractivity contribution in [2.75, 3.05) is 19.0 Å². The van der Waals surface area contributed by atoms with Gasteiger partial charge in [0.15, 0.2) is 11.6 Å². The Morgan fingerprint density at radius 3 is 2.25 bits per heavy atom. The number of Topliss-reactive ketones (excluding diaryl/α,β-unsaturated/α-hetero) is 1. The fourth-order valence-electron chi connectivity index (χ4n) is 3.88. The molecular formula is C28H26N2O2. The first-order chi connectivity index (χ1) is 15.3. The molecule has 160 valence electrons. The highest BCUT2D eigenvalue weighted by molar-refractivity contribution is 6.13. The van der Waals surface area contributed by atoms with Crippen LogP contribution in [0.15, 0.2) is 79.0 Å². The van der Waals surface area contributed by atoms with Crippen LogP contribution in [0.2, 0.25) is 0 Å². The van der Waals surface area contributed by atoms with Crippen LogP contribution in [0.4, 0.5) is 5.69 Å². The van der Waals surface area contributed by atoms with E-state index in [0.717, 1.165) is 33.5 Å². The lowest BCUT2D eigenvalue weighted by Gasteiger charge is -2.11. The number of pyridine rings is 1. The maximum absolute atomic E-state index is 13.2. The molecule has 2 aromatic heterocycles. The quantitative estimate of drug-likeness (QED) is 0.279. The number of carbonyl (C=O) groups excluding carboxylic acids is 2. The van der Waals surface area contributed by atoms with E-state index in [4.69, 9.17) is 0 Å². The fraction of sp³-hybridized carbons (Fsp3) is 0.143. The van der Waals surface area contributed by atoms with E-state index in [1.165, 1.54) is 6.92 Å². The minimum atomic E-state index is -0.130. The molecule has 0 unspecified atom stereocenters. The van der Waals surface area contributed by atoms with Crippen LogP contribution in [0.25, 0.3) is 22.7 Å².